The van der Waals surface area contributed by atoms with Gasteiger partial charge in [0.2, 0.25) is 0 Å². The van der Waals surface area contributed by atoms with E-state index in [1.54, 1.807) is 20.8 Å². The lowest BCUT2D eigenvalue weighted by atomic mass is 9.95. The van der Waals surface area contributed by atoms with E-state index >= 15 is 0 Å². The molecule has 0 unspecified atom stereocenters. The average molecular weight is 291 g/mol. The van der Waals surface area contributed by atoms with Crippen LogP contribution in [-0.2, 0) is 16.0 Å². The maximum atomic E-state index is 12.4. The summed E-state index contributed by atoms with van der Waals surface area (Å²) in [6, 6.07) is 8.97. The van der Waals surface area contributed by atoms with E-state index in [2.05, 4.69) is 5.32 Å². The Kier molecular flexibility index (Phi) is 5.94. The first-order valence-corrected chi connectivity index (χ1v) is 7.25. The molecule has 116 valence electrons. The van der Waals surface area contributed by atoms with Gasteiger partial charge >= 0.3 is 6.09 Å². The number of Topliss-reactive ketones (excluding diaryl/α,β-unsaturated/α-hetero) is 1. The third-order valence-electron chi connectivity index (χ3n) is 2.91. The molecule has 0 spiro atoms. The fourth-order valence-electron chi connectivity index (χ4n) is 1.96. The van der Waals surface area contributed by atoms with Gasteiger partial charge in [0.25, 0.3) is 0 Å². The molecule has 0 aliphatic carbocycles. The minimum Gasteiger partial charge on any atom is -0.444 e. The van der Waals surface area contributed by atoms with E-state index in [4.69, 9.17) is 4.74 Å². The predicted molar refractivity (Wildman–Crippen MR) is 83.1 cm³/mol. The van der Waals surface area contributed by atoms with Gasteiger partial charge in [-0.1, -0.05) is 44.2 Å². The number of nitrogens with one attached hydrogen (secondary N) is 1. The number of amides is 1. The summed E-state index contributed by atoms with van der Waals surface area (Å²) in [5.74, 6) is -0.00390. The van der Waals surface area contributed by atoms with Gasteiger partial charge in [-0.05, 0) is 32.3 Å². The topological polar surface area (TPSA) is 55.4 Å². The fourth-order valence-corrected chi connectivity index (χ4v) is 1.96. The number of ketones is 1. The van der Waals surface area contributed by atoms with Crippen LogP contribution in [0.15, 0.2) is 30.3 Å². The molecular formula is C17H25NO3. The van der Waals surface area contributed by atoms with Crippen molar-refractivity contribution in [2.75, 3.05) is 0 Å². The smallest absolute Gasteiger partial charge is 0.408 e. The molecule has 1 atom stereocenters. The number of hydrogen-bond donors (Lipinski definition) is 1. The molecule has 0 saturated heterocycles. The maximum absolute atomic E-state index is 12.4. The molecule has 4 nitrogen and oxygen atoms in total. The molecule has 0 aromatic heterocycles. The highest BCUT2D eigenvalue weighted by molar-refractivity contribution is 5.89. The monoisotopic (exact) mass is 291 g/mol. The zero-order valence-electron chi connectivity index (χ0n) is 13.5. The summed E-state index contributed by atoms with van der Waals surface area (Å²) in [5, 5.41) is 2.68. The molecule has 0 bridgehead atoms. The van der Waals surface area contributed by atoms with Crippen LogP contribution < -0.4 is 5.32 Å². The average Bonchev–Trinajstić information content (AvgIpc) is 2.34. The van der Waals surface area contributed by atoms with Crippen LogP contribution in [0.5, 0.6) is 0 Å². The van der Waals surface area contributed by atoms with Gasteiger partial charge in [-0.15, -0.1) is 0 Å². The summed E-state index contributed by atoms with van der Waals surface area (Å²) in [7, 11) is 0. The zero-order chi connectivity index (χ0) is 16.0. The van der Waals surface area contributed by atoms with E-state index in [9.17, 15) is 9.59 Å². The number of carbonyl (C=O) groups is 2. The van der Waals surface area contributed by atoms with E-state index in [-0.39, 0.29) is 11.7 Å². The summed E-state index contributed by atoms with van der Waals surface area (Å²) in [6.45, 7) is 9.20. The molecule has 1 aromatic rings. The second-order valence-corrected chi connectivity index (χ2v) is 6.50. The lowest BCUT2D eigenvalue weighted by Gasteiger charge is -2.25. The largest absolute Gasteiger partial charge is 0.444 e. The summed E-state index contributed by atoms with van der Waals surface area (Å²) >= 11 is 0. The Labute approximate surface area is 126 Å². The number of benzene rings is 1. The van der Waals surface area contributed by atoms with E-state index in [1.165, 1.54) is 0 Å². The number of ether oxygens (including phenoxy) is 1. The van der Waals surface area contributed by atoms with Gasteiger partial charge < -0.3 is 10.1 Å². The molecule has 0 aliphatic rings. The van der Waals surface area contributed by atoms with Gasteiger partial charge in [-0.3, -0.25) is 4.79 Å². The van der Waals surface area contributed by atoms with Gasteiger partial charge in [-0.25, -0.2) is 4.79 Å². The molecule has 1 rings (SSSR count). The standard InChI is InChI=1S/C17H25NO3/c1-12(2)15(18-16(20)21-17(3,4)5)14(19)11-13-9-7-6-8-10-13/h6-10,12,15H,11H2,1-5H3,(H,18,20)/t15-/m0/s1. The van der Waals surface area contributed by atoms with Gasteiger partial charge in [0, 0.05) is 6.42 Å². The normalized spacial score (nSPS) is 12.9. The number of alkyl carbamates (subject to hydrolysis) is 1. The third-order valence-corrected chi connectivity index (χ3v) is 2.91. The van der Waals surface area contributed by atoms with Crippen molar-refractivity contribution in [1.82, 2.24) is 5.32 Å². The van der Waals surface area contributed by atoms with Crippen molar-refractivity contribution < 1.29 is 14.3 Å². The molecule has 21 heavy (non-hydrogen) atoms. The van der Waals surface area contributed by atoms with E-state index < -0.39 is 17.7 Å². The highest BCUT2D eigenvalue weighted by atomic mass is 16.6. The molecule has 1 aromatic carbocycles. The number of hydrogen-bond acceptors (Lipinski definition) is 3. The maximum Gasteiger partial charge on any atom is 0.408 e. The minimum absolute atomic E-state index is 0.00808. The Bertz CT molecular complexity index is 475. The minimum atomic E-state index is -0.575. The molecule has 0 aliphatic heterocycles. The Morgan fingerprint density at radius 3 is 2.19 bits per heavy atom. The zero-order valence-corrected chi connectivity index (χ0v) is 13.5. The van der Waals surface area contributed by atoms with Crippen LogP contribution in [0.2, 0.25) is 0 Å². The number of carbonyl (C=O) groups excluding carboxylic acids is 2. The van der Waals surface area contributed by atoms with Crippen LogP contribution in [0.25, 0.3) is 0 Å². The van der Waals surface area contributed by atoms with Crippen LogP contribution in [0.4, 0.5) is 4.79 Å². The highest BCUT2D eigenvalue weighted by Gasteiger charge is 2.26. The molecule has 0 radical (unpaired) electrons. The van der Waals surface area contributed by atoms with Crippen LogP contribution in [-0.4, -0.2) is 23.5 Å². The first kappa shape index (κ1) is 17.2. The predicted octanol–water partition coefficient (Wildman–Crippen LogP) is 3.35. The molecule has 1 N–H and O–H groups in total. The summed E-state index contributed by atoms with van der Waals surface area (Å²) in [5.41, 5.74) is 0.368. The summed E-state index contributed by atoms with van der Waals surface area (Å²) < 4.78 is 5.22. The van der Waals surface area contributed by atoms with Crippen LogP contribution in [0.3, 0.4) is 0 Å². The molecule has 0 fully saturated rings. The third kappa shape index (κ3) is 6.43. The van der Waals surface area contributed by atoms with Gasteiger partial charge in [0.1, 0.15) is 5.60 Å². The van der Waals surface area contributed by atoms with Crippen molar-refractivity contribution in [3.05, 3.63) is 35.9 Å². The van der Waals surface area contributed by atoms with E-state index in [0.717, 1.165) is 5.56 Å². The van der Waals surface area contributed by atoms with Crippen LogP contribution in [0.1, 0.15) is 40.2 Å². The first-order chi connectivity index (χ1) is 9.69. The summed E-state index contributed by atoms with van der Waals surface area (Å²) in [4.78, 5) is 24.2. The van der Waals surface area contributed by atoms with Crippen molar-refractivity contribution in [2.24, 2.45) is 5.92 Å². The van der Waals surface area contributed by atoms with E-state index in [0.29, 0.717) is 6.42 Å². The fraction of sp³-hybridized carbons (Fsp3) is 0.529. The van der Waals surface area contributed by atoms with Crippen molar-refractivity contribution in [2.45, 2.75) is 52.7 Å². The molecule has 0 heterocycles. The van der Waals surface area contributed by atoms with Crippen LogP contribution >= 0.6 is 0 Å². The van der Waals surface area contributed by atoms with Crippen molar-refractivity contribution >= 4 is 11.9 Å². The molecular weight excluding hydrogens is 266 g/mol. The second kappa shape index (κ2) is 7.25. The lowest BCUT2D eigenvalue weighted by molar-refractivity contribution is -0.121. The Balaban J connectivity index is 2.69. The summed E-state index contributed by atoms with van der Waals surface area (Å²) in [6.07, 6.45) is -0.248. The highest BCUT2D eigenvalue weighted by Crippen LogP contribution is 2.11. The van der Waals surface area contributed by atoms with Gasteiger partial charge in [0.05, 0.1) is 6.04 Å². The van der Waals surface area contributed by atoms with Gasteiger partial charge in [0.15, 0.2) is 5.78 Å². The van der Waals surface area contributed by atoms with Crippen molar-refractivity contribution in [3.8, 4) is 0 Å². The van der Waals surface area contributed by atoms with Crippen molar-refractivity contribution in [1.29, 1.82) is 0 Å². The first-order valence-electron chi connectivity index (χ1n) is 7.25. The lowest BCUT2D eigenvalue weighted by Crippen LogP contribution is -2.46. The van der Waals surface area contributed by atoms with Gasteiger partial charge in [-0.2, -0.15) is 0 Å². The SMILES string of the molecule is CC(C)[C@H](NC(=O)OC(C)(C)C)C(=O)Cc1ccccc1. The second-order valence-electron chi connectivity index (χ2n) is 6.50. The molecule has 0 saturated carbocycles. The van der Waals surface area contributed by atoms with Crippen LogP contribution in [0, 0.1) is 5.92 Å². The Morgan fingerprint density at radius 2 is 1.71 bits per heavy atom. The Morgan fingerprint density at radius 1 is 1.14 bits per heavy atom. The quantitative estimate of drug-likeness (QED) is 0.905. The molecule has 1 amide bonds. The number of rotatable bonds is 5. The van der Waals surface area contributed by atoms with E-state index in [1.807, 2.05) is 44.2 Å². The van der Waals surface area contributed by atoms with Crippen molar-refractivity contribution in [3.63, 3.8) is 0 Å². The molecule has 4 heteroatoms. The Hall–Kier alpha value is -1.84.